The fourth-order valence-corrected chi connectivity index (χ4v) is 2.35. The van der Waals surface area contributed by atoms with Crippen LogP contribution < -0.4 is 5.32 Å². The zero-order valence-electron chi connectivity index (χ0n) is 12.4. The van der Waals surface area contributed by atoms with Gasteiger partial charge in [0.15, 0.2) is 0 Å². The van der Waals surface area contributed by atoms with Crippen molar-refractivity contribution in [2.24, 2.45) is 0 Å². The van der Waals surface area contributed by atoms with Gasteiger partial charge < -0.3 is 5.32 Å². The average Bonchev–Trinajstić information content (AvgIpc) is 2.47. The Morgan fingerprint density at radius 3 is 2.57 bits per heavy atom. The molecule has 1 aromatic heterocycles. The largest absolute Gasteiger partial charge is 0.345 e. The van der Waals surface area contributed by atoms with E-state index in [-0.39, 0.29) is 11.9 Å². The van der Waals surface area contributed by atoms with E-state index >= 15 is 0 Å². The minimum atomic E-state index is -0.111. The van der Waals surface area contributed by atoms with Gasteiger partial charge in [-0.2, -0.15) is 10.2 Å². The van der Waals surface area contributed by atoms with Crippen LogP contribution in [0.4, 0.5) is 0 Å². The molecule has 4 nitrogen and oxygen atoms in total. The third-order valence-corrected chi connectivity index (χ3v) is 3.82. The smallest absolute Gasteiger partial charge is 0.253 e. The van der Waals surface area contributed by atoms with E-state index in [4.69, 9.17) is 0 Å². The van der Waals surface area contributed by atoms with Gasteiger partial charge in [-0.05, 0) is 44.0 Å². The van der Waals surface area contributed by atoms with Gasteiger partial charge in [-0.3, -0.25) is 4.79 Å². The molecule has 1 N–H and O–H groups in total. The predicted molar refractivity (Wildman–Crippen MR) is 86.2 cm³/mol. The fraction of sp³-hybridized carbons (Fsp3) is 0.312. The molecule has 0 aliphatic heterocycles. The first-order valence-electron chi connectivity index (χ1n) is 6.90. The number of aromatic nitrogens is 2. The maximum absolute atomic E-state index is 12.4. The Kier molecular flexibility index (Phi) is 5.07. The molecule has 0 aliphatic rings. The molecule has 110 valence electrons. The van der Waals surface area contributed by atoms with Crippen molar-refractivity contribution >= 4 is 21.8 Å². The summed E-state index contributed by atoms with van der Waals surface area (Å²) in [6.45, 7) is 5.77. The summed E-state index contributed by atoms with van der Waals surface area (Å²) in [5.41, 5.74) is 3.13. The maximum Gasteiger partial charge on any atom is 0.253 e. The lowest BCUT2D eigenvalue weighted by molar-refractivity contribution is 0.0938. The third-order valence-electron chi connectivity index (χ3n) is 3.29. The molecule has 0 aliphatic carbocycles. The number of rotatable bonds is 4. The molecule has 2 aromatic rings. The van der Waals surface area contributed by atoms with E-state index in [0.29, 0.717) is 12.0 Å². The first kappa shape index (κ1) is 15.6. The zero-order chi connectivity index (χ0) is 15.4. The number of benzene rings is 1. The van der Waals surface area contributed by atoms with Crippen molar-refractivity contribution < 1.29 is 4.79 Å². The number of carbonyl (C=O) groups is 1. The third kappa shape index (κ3) is 3.88. The second kappa shape index (κ2) is 6.80. The molecule has 0 saturated heterocycles. The molecule has 0 bridgehead atoms. The highest BCUT2D eigenvalue weighted by Crippen LogP contribution is 2.17. The summed E-state index contributed by atoms with van der Waals surface area (Å²) in [5.74, 6) is -0.111. The van der Waals surface area contributed by atoms with Crippen LogP contribution in [0, 0.1) is 6.92 Å². The van der Waals surface area contributed by atoms with E-state index in [0.717, 1.165) is 21.4 Å². The quantitative estimate of drug-likeness (QED) is 0.919. The average molecular weight is 348 g/mol. The molecule has 0 fully saturated rings. The Morgan fingerprint density at radius 2 is 1.95 bits per heavy atom. The lowest BCUT2D eigenvalue weighted by Crippen LogP contribution is -2.28. The van der Waals surface area contributed by atoms with E-state index < -0.39 is 0 Å². The highest BCUT2D eigenvalue weighted by atomic mass is 79.9. The van der Waals surface area contributed by atoms with Gasteiger partial charge in [0.1, 0.15) is 0 Å². The van der Waals surface area contributed by atoms with E-state index in [1.54, 1.807) is 6.07 Å². The van der Waals surface area contributed by atoms with Gasteiger partial charge in [0.05, 0.1) is 23.0 Å². The molecule has 0 spiro atoms. The van der Waals surface area contributed by atoms with Crippen LogP contribution in [0.15, 0.2) is 34.8 Å². The minimum Gasteiger partial charge on any atom is -0.345 e. The van der Waals surface area contributed by atoms with E-state index in [9.17, 15) is 4.79 Å². The van der Waals surface area contributed by atoms with Crippen molar-refractivity contribution in [3.05, 3.63) is 57.3 Å². The summed E-state index contributed by atoms with van der Waals surface area (Å²) in [6.07, 6.45) is 0.683. The van der Waals surface area contributed by atoms with Gasteiger partial charge >= 0.3 is 0 Å². The SMILES string of the molecule is CCc1nnc(C)cc1C(=O)NC(C)c1ccc(Br)cc1. The van der Waals surface area contributed by atoms with Crippen LogP contribution in [0.3, 0.4) is 0 Å². The van der Waals surface area contributed by atoms with E-state index in [1.165, 1.54) is 0 Å². The van der Waals surface area contributed by atoms with Crippen molar-refractivity contribution in [2.75, 3.05) is 0 Å². The summed E-state index contributed by atoms with van der Waals surface area (Å²) < 4.78 is 1.02. The second-order valence-corrected chi connectivity index (χ2v) is 5.86. The Hall–Kier alpha value is -1.75. The summed E-state index contributed by atoms with van der Waals surface area (Å²) in [5, 5.41) is 11.1. The molecule has 21 heavy (non-hydrogen) atoms. The van der Waals surface area contributed by atoms with Crippen LogP contribution in [0.25, 0.3) is 0 Å². The lowest BCUT2D eigenvalue weighted by Gasteiger charge is -2.15. The van der Waals surface area contributed by atoms with Gasteiger partial charge in [-0.15, -0.1) is 0 Å². The molecule has 0 saturated carbocycles. The van der Waals surface area contributed by atoms with Crippen LogP contribution in [0.1, 0.15) is 47.2 Å². The molecular weight excluding hydrogens is 330 g/mol. The van der Waals surface area contributed by atoms with Crippen LogP contribution in [-0.4, -0.2) is 16.1 Å². The molecule has 1 aromatic carbocycles. The zero-order valence-corrected chi connectivity index (χ0v) is 13.9. The van der Waals surface area contributed by atoms with Crippen LogP contribution in [-0.2, 0) is 6.42 Å². The fourth-order valence-electron chi connectivity index (χ4n) is 2.08. The summed E-state index contributed by atoms with van der Waals surface area (Å²) in [6, 6.07) is 9.64. The van der Waals surface area contributed by atoms with Crippen molar-refractivity contribution in [3.8, 4) is 0 Å². The number of hydrogen-bond acceptors (Lipinski definition) is 3. The Morgan fingerprint density at radius 1 is 1.29 bits per heavy atom. The normalized spacial score (nSPS) is 12.0. The molecule has 2 rings (SSSR count). The van der Waals surface area contributed by atoms with Gasteiger partial charge in [0.25, 0.3) is 5.91 Å². The van der Waals surface area contributed by atoms with Crippen molar-refractivity contribution in [2.45, 2.75) is 33.2 Å². The predicted octanol–water partition coefficient (Wildman–Crippen LogP) is 3.60. The molecular formula is C16H18BrN3O. The van der Waals surface area contributed by atoms with Gasteiger partial charge in [-0.1, -0.05) is 35.0 Å². The van der Waals surface area contributed by atoms with E-state index in [1.807, 2.05) is 45.0 Å². The topological polar surface area (TPSA) is 54.9 Å². The molecule has 1 heterocycles. The molecule has 5 heteroatoms. The van der Waals surface area contributed by atoms with Crippen molar-refractivity contribution in [1.82, 2.24) is 15.5 Å². The van der Waals surface area contributed by atoms with Crippen LogP contribution in [0.5, 0.6) is 0 Å². The summed E-state index contributed by atoms with van der Waals surface area (Å²) in [7, 11) is 0. The maximum atomic E-state index is 12.4. The number of aryl methyl sites for hydroxylation is 2. The Bertz CT molecular complexity index is 640. The molecule has 1 amide bonds. The first-order valence-corrected chi connectivity index (χ1v) is 7.70. The monoisotopic (exact) mass is 347 g/mol. The summed E-state index contributed by atoms with van der Waals surface area (Å²) in [4.78, 5) is 12.4. The number of halogens is 1. The van der Waals surface area contributed by atoms with Gasteiger partial charge in [-0.25, -0.2) is 0 Å². The number of nitrogens with zero attached hydrogens (tertiary/aromatic N) is 2. The number of amides is 1. The number of carbonyl (C=O) groups excluding carboxylic acids is 1. The van der Waals surface area contributed by atoms with Crippen molar-refractivity contribution in [1.29, 1.82) is 0 Å². The highest BCUT2D eigenvalue weighted by molar-refractivity contribution is 9.10. The van der Waals surface area contributed by atoms with Gasteiger partial charge in [0.2, 0.25) is 0 Å². The minimum absolute atomic E-state index is 0.0659. The molecule has 1 unspecified atom stereocenters. The Labute approximate surface area is 133 Å². The molecule has 0 radical (unpaired) electrons. The standard InChI is InChI=1S/C16H18BrN3O/c1-4-15-14(9-10(2)19-20-15)16(21)18-11(3)12-5-7-13(17)8-6-12/h5-9,11H,4H2,1-3H3,(H,18,21). The number of hydrogen-bond donors (Lipinski definition) is 1. The number of nitrogens with one attached hydrogen (secondary N) is 1. The van der Waals surface area contributed by atoms with E-state index in [2.05, 4.69) is 31.4 Å². The second-order valence-electron chi connectivity index (χ2n) is 4.95. The Balaban J connectivity index is 2.17. The van der Waals surface area contributed by atoms with Crippen molar-refractivity contribution in [3.63, 3.8) is 0 Å². The van der Waals surface area contributed by atoms with Gasteiger partial charge in [0, 0.05) is 4.47 Å². The van der Waals surface area contributed by atoms with Crippen LogP contribution >= 0.6 is 15.9 Å². The first-order chi connectivity index (χ1) is 10.0. The summed E-state index contributed by atoms with van der Waals surface area (Å²) >= 11 is 3.41. The molecule has 1 atom stereocenters. The lowest BCUT2D eigenvalue weighted by atomic mass is 10.1. The highest BCUT2D eigenvalue weighted by Gasteiger charge is 2.16. The van der Waals surface area contributed by atoms with Crippen LogP contribution in [0.2, 0.25) is 0 Å².